The summed E-state index contributed by atoms with van der Waals surface area (Å²) >= 11 is 0. The summed E-state index contributed by atoms with van der Waals surface area (Å²) in [6, 6.07) is 20.7. The molecule has 0 saturated heterocycles. The van der Waals surface area contributed by atoms with Crippen molar-refractivity contribution >= 4 is 0 Å². The molecule has 0 fully saturated rings. The van der Waals surface area contributed by atoms with Crippen molar-refractivity contribution in [1.82, 2.24) is 0 Å². The van der Waals surface area contributed by atoms with Crippen LogP contribution in [0.4, 0.5) is 0 Å². The van der Waals surface area contributed by atoms with Crippen molar-refractivity contribution in [3.05, 3.63) is 96.1 Å². The second-order valence-corrected chi connectivity index (χ2v) is 7.64. The molecular weight excluding hydrogens is 332 g/mol. The topological polar surface area (TPSA) is 18.5 Å². The highest BCUT2D eigenvalue weighted by Crippen LogP contribution is 2.41. The van der Waals surface area contributed by atoms with Gasteiger partial charge >= 0.3 is 0 Å². The third-order valence-corrected chi connectivity index (χ3v) is 5.35. The number of rotatable bonds is 10. The Morgan fingerprint density at radius 3 is 1.93 bits per heavy atom. The fourth-order valence-electron chi connectivity index (χ4n) is 3.60. The van der Waals surface area contributed by atoms with E-state index in [4.69, 9.17) is 9.47 Å². The molecule has 2 heteroatoms. The van der Waals surface area contributed by atoms with Crippen LogP contribution in [0.1, 0.15) is 30.9 Å². The minimum absolute atomic E-state index is 0.0240. The van der Waals surface area contributed by atoms with Crippen LogP contribution in [0.15, 0.2) is 85.0 Å². The predicted molar refractivity (Wildman–Crippen MR) is 111 cm³/mol. The lowest BCUT2D eigenvalue weighted by Crippen LogP contribution is -2.30. The molecule has 0 aliphatic heterocycles. The van der Waals surface area contributed by atoms with Crippen LogP contribution in [0, 0.1) is 11.3 Å². The van der Waals surface area contributed by atoms with Crippen LogP contribution in [0.25, 0.3) is 0 Å². The van der Waals surface area contributed by atoms with Crippen molar-refractivity contribution in [2.75, 3.05) is 13.2 Å². The molecule has 1 atom stereocenters. The summed E-state index contributed by atoms with van der Waals surface area (Å²) in [6.07, 6.45) is 6.41. The zero-order chi connectivity index (χ0) is 19.0. The van der Waals surface area contributed by atoms with E-state index in [-0.39, 0.29) is 5.41 Å². The molecule has 0 heterocycles. The number of ether oxygens (including phenoxy) is 2. The van der Waals surface area contributed by atoms with Gasteiger partial charge in [0, 0.05) is 5.41 Å². The van der Waals surface area contributed by atoms with Gasteiger partial charge < -0.3 is 9.47 Å². The summed E-state index contributed by atoms with van der Waals surface area (Å²) in [5, 5.41) is 0. The van der Waals surface area contributed by atoms with Crippen LogP contribution in [-0.2, 0) is 22.7 Å². The van der Waals surface area contributed by atoms with E-state index in [2.05, 4.69) is 68.1 Å². The highest BCUT2D eigenvalue weighted by molar-refractivity contribution is 5.21. The van der Waals surface area contributed by atoms with Gasteiger partial charge in [-0.3, -0.25) is 0 Å². The zero-order valence-electron chi connectivity index (χ0n) is 16.3. The van der Waals surface area contributed by atoms with Crippen LogP contribution < -0.4 is 0 Å². The zero-order valence-corrected chi connectivity index (χ0v) is 16.3. The molecule has 0 radical (unpaired) electrons. The first-order chi connectivity index (χ1) is 13.2. The first-order valence-corrected chi connectivity index (χ1v) is 9.76. The number of hydrogen-bond donors (Lipinski definition) is 0. The molecule has 0 amide bonds. The molecule has 2 nitrogen and oxygen atoms in total. The summed E-state index contributed by atoms with van der Waals surface area (Å²) in [4.78, 5) is 0. The van der Waals surface area contributed by atoms with Crippen molar-refractivity contribution in [3.63, 3.8) is 0 Å². The van der Waals surface area contributed by atoms with Crippen molar-refractivity contribution in [3.8, 4) is 0 Å². The SMILES string of the molecule is C=CC(C)C1=CCC(COCc2ccccc2)(COCc2ccccc2)C1. The summed E-state index contributed by atoms with van der Waals surface area (Å²) in [5.74, 6) is 0.412. The fraction of sp³-hybridized carbons (Fsp3) is 0.360. The van der Waals surface area contributed by atoms with Crippen LogP contribution in [0.2, 0.25) is 0 Å². The van der Waals surface area contributed by atoms with Gasteiger partial charge in [0.05, 0.1) is 26.4 Å². The van der Waals surface area contributed by atoms with Crippen LogP contribution in [0.3, 0.4) is 0 Å². The van der Waals surface area contributed by atoms with Crippen LogP contribution in [-0.4, -0.2) is 13.2 Å². The standard InChI is InChI=1S/C25H30O2/c1-3-21(2)24-14-15-25(16-24,19-26-17-22-10-6-4-7-11-22)20-27-18-23-12-8-5-9-13-23/h3-14,21H,1,15-20H2,2H3. The van der Waals surface area contributed by atoms with Gasteiger partial charge in [0.1, 0.15) is 0 Å². The van der Waals surface area contributed by atoms with E-state index in [0.717, 1.165) is 12.8 Å². The lowest BCUT2D eigenvalue weighted by Gasteiger charge is -2.30. The highest BCUT2D eigenvalue weighted by atomic mass is 16.5. The molecular formula is C25H30O2. The molecule has 0 aromatic heterocycles. The Labute approximate surface area is 163 Å². The molecule has 142 valence electrons. The third kappa shape index (κ3) is 5.66. The van der Waals surface area contributed by atoms with E-state index in [1.807, 2.05) is 18.2 Å². The molecule has 0 spiro atoms. The average Bonchev–Trinajstić information content (AvgIpc) is 3.13. The lowest BCUT2D eigenvalue weighted by molar-refractivity contribution is -0.0279. The van der Waals surface area contributed by atoms with Gasteiger partial charge in [-0.25, -0.2) is 0 Å². The summed E-state index contributed by atoms with van der Waals surface area (Å²) in [5.41, 5.74) is 3.90. The quantitative estimate of drug-likeness (QED) is 0.486. The first kappa shape index (κ1) is 19.6. The molecule has 0 saturated carbocycles. The predicted octanol–water partition coefficient (Wildman–Crippen LogP) is 5.95. The molecule has 1 aliphatic carbocycles. The number of benzene rings is 2. The third-order valence-electron chi connectivity index (χ3n) is 5.35. The highest BCUT2D eigenvalue weighted by Gasteiger charge is 2.36. The van der Waals surface area contributed by atoms with Gasteiger partial charge in [0.25, 0.3) is 0 Å². The molecule has 27 heavy (non-hydrogen) atoms. The molecule has 0 N–H and O–H groups in total. The van der Waals surface area contributed by atoms with Gasteiger partial charge in [-0.15, -0.1) is 6.58 Å². The molecule has 3 rings (SSSR count). The second-order valence-electron chi connectivity index (χ2n) is 7.64. The minimum atomic E-state index is 0.0240. The Morgan fingerprint density at radius 2 is 1.44 bits per heavy atom. The van der Waals surface area contributed by atoms with Crippen molar-refractivity contribution in [2.24, 2.45) is 11.3 Å². The number of allylic oxidation sites excluding steroid dienone is 3. The Balaban J connectivity index is 1.58. The van der Waals surface area contributed by atoms with E-state index < -0.39 is 0 Å². The van der Waals surface area contributed by atoms with Gasteiger partial charge in [-0.2, -0.15) is 0 Å². The molecule has 2 aromatic carbocycles. The Bertz CT molecular complexity index is 688. The van der Waals surface area contributed by atoms with Gasteiger partial charge in [-0.1, -0.05) is 85.3 Å². The normalized spacial score (nSPS) is 16.7. The smallest absolute Gasteiger partial charge is 0.0717 e. The summed E-state index contributed by atoms with van der Waals surface area (Å²) in [6.45, 7) is 8.88. The maximum absolute atomic E-state index is 6.13. The number of hydrogen-bond acceptors (Lipinski definition) is 2. The maximum Gasteiger partial charge on any atom is 0.0717 e. The molecule has 1 unspecified atom stereocenters. The van der Waals surface area contributed by atoms with Crippen molar-refractivity contribution in [2.45, 2.75) is 33.0 Å². The first-order valence-electron chi connectivity index (χ1n) is 9.76. The monoisotopic (exact) mass is 362 g/mol. The van der Waals surface area contributed by atoms with Gasteiger partial charge in [0.2, 0.25) is 0 Å². The average molecular weight is 363 g/mol. The Kier molecular flexibility index (Phi) is 7.03. The second kappa shape index (κ2) is 9.68. The Hall–Kier alpha value is -2.16. The van der Waals surface area contributed by atoms with E-state index in [9.17, 15) is 0 Å². The molecule has 0 bridgehead atoms. The van der Waals surface area contributed by atoms with Crippen molar-refractivity contribution in [1.29, 1.82) is 0 Å². The molecule has 2 aromatic rings. The van der Waals surface area contributed by atoms with E-state index in [1.165, 1.54) is 16.7 Å². The minimum Gasteiger partial charge on any atom is -0.376 e. The van der Waals surface area contributed by atoms with E-state index in [0.29, 0.717) is 32.3 Å². The van der Waals surface area contributed by atoms with Crippen molar-refractivity contribution < 1.29 is 9.47 Å². The lowest BCUT2D eigenvalue weighted by atomic mass is 9.84. The van der Waals surface area contributed by atoms with E-state index >= 15 is 0 Å². The fourth-order valence-corrected chi connectivity index (χ4v) is 3.60. The Morgan fingerprint density at radius 1 is 0.926 bits per heavy atom. The maximum atomic E-state index is 6.13. The summed E-state index contributed by atoms with van der Waals surface area (Å²) < 4.78 is 12.3. The van der Waals surface area contributed by atoms with Crippen LogP contribution >= 0.6 is 0 Å². The van der Waals surface area contributed by atoms with Crippen LogP contribution in [0.5, 0.6) is 0 Å². The van der Waals surface area contributed by atoms with Gasteiger partial charge in [-0.05, 0) is 29.9 Å². The summed E-state index contributed by atoms with van der Waals surface area (Å²) in [7, 11) is 0. The van der Waals surface area contributed by atoms with Gasteiger partial charge in [0.15, 0.2) is 0 Å². The molecule has 1 aliphatic rings. The van der Waals surface area contributed by atoms with E-state index in [1.54, 1.807) is 0 Å². The largest absolute Gasteiger partial charge is 0.376 e.